The lowest BCUT2D eigenvalue weighted by Crippen LogP contribution is -2.42. The Morgan fingerprint density at radius 1 is 1.21 bits per heavy atom. The average Bonchev–Trinajstić information content (AvgIpc) is 3.36. The third-order valence-electron chi connectivity index (χ3n) is 6.56. The predicted octanol–water partition coefficient (Wildman–Crippen LogP) is 5.97. The van der Waals surface area contributed by atoms with Crippen LogP contribution in [0.3, 0.4) is 0 Å². The molecule has 39 heavy (non-hydrogen) atoms. The maximum atomic E-state index is 13.6. The molecule has 11 heteroatoms. The van der Waals surface area contributed by atoms with E-state index < -0.39 is 5.92 Å². The molecule has 1 atom stereocenters. The van der Waals surface area contributed by atoms with E-state index in [2.05, 4.69) is 51.4 Å². The number of thioether (sulfide) groups is 1. The van der Waals surface area contributed by atoms with Gasteiger partial charge in [0.05, 0.1) is 23.3 Å². The zero-order valence-electron chi connectivity index (χ0n) is 21.3. The highest BCUT2D eigenvalue weighted by molar-refractivity contribution is 9.10. The van der Waals surface area contributed by atoms with Gasteiger partial charge in [-0.1, -0.05) is 83.2 Å². The number of halogens is 1. The molecule has 8 nitrogen and oxygen atoms in total. The van der Waals surface area contributed by atoms with E-state index in [0.717, 1.165) is 15.7 Å². The molecular weight excluding hydrogens is 596 g/mol. The molecular formula is C28H25BrN6O2S2. The normalized spacial score (nSPS) is 18.6. The number of nitrogens with one attached hydrogen (secondary N) is 1. The van der Waals surface area contributed by atoms with Gasteiger partial charge in [0.15, 0.2) is 10.1 Å². The average molecular weight is 622 g/mol. The van der Waals surface area contributed by atoms with Crippen LogP contribution in [0, 0.1) is 16.7 Å². The van der Waals surface area contributed by atoms with E-state index >= 15 is 0 Å². The van der Waals surface area contributed by atoms with E-state index in [1.54, 1.807) is 4.90 Å². The largest absolute Gasteiger partial charge is 0.384 e. The number of nitriles is 1. The van der Waals surface area contributed by atoms with Gasteiger partial charge in [-0.3, -0.25) is 14.5 Å². The lowest BCUT2D eigenvalue weighted by atomic mass is 9.69. The van der Waals surface area contributed by atoms with Crippen LogP contribution in [-0.4, -0.2) is 27.6 Å². The molecule has 5 rings (SSSR count). The number of nitrogens with two attached hydrogens (primary N) is 1. The summed E-state index contributed by atoms with van der Waals surface area (Å²) in [6.07, 6.45) is 0.973. The van der Waals surface area contributed by atoms with Crippen LogP contribution in [-0.2, 0) is 9.59 Å². The minimum atomic E-state index is -0.532. The Bertz CT molecular complexity index is 1540. The van der Waals surface area contributed by atoms with Crippen molar-refractivity contribution in [2.24, 2.45) is 11.1 Å². The van der Waals surface area contributed by atoms with Gasteiger partial charge in [-0.05, 0) is 41.7 Å². The Balaban J connectivity index is 1.45. The molecule has 3 N–H and O–H groups in total. The monoisotopic (exact) mass is 620 g/mol. The minimum Gasteiger partial charge on any atom is -0.384 e. The second-order valence-corrected chi connectivity index (χ2v) is 13.2. The van der Waals surface area contributed by atoms with Crippen LogP contribution in [0.2, 0.25) is 0 Å². The molecule has 1 amide bonds. The van der Waals surface area contributed by atoms with Gasteiger partial charge in [0.2, 0.25) is 11.0 Å². The van der Waals surface area contributed by atoms with Crippen molar-refractivity contribution in [2.75, 3.05) is 16.0 Å². The molecule has 1 aliphatic carbocycles. The fourth-order valence-corrected chi connectivity index (χ4v) is 6.86. The number of anilines is 2. The van der Waals surface area contributed by atoms with Crippen molar-refractivity contribution < 1.29 is 9.59 Å². The Hall–Kier alpha value is -3.46. The summed E-state index contributed by atoms with van der Waals surface area (Å²) in [6, 6.07) is 19.1. The minimum absolute atomic E-state index is 0.00378. The maximum Gasteiger partial charge on any atom is 0.234 e. The molecule has 0 saturated carbocycles. The van der Waals surface area contributed by atoms with Gasteiger partial charge in [-0.25, -0.2) is 0 Å². The summed E-state index contributed by atoms with van der Waals surface area (Å²) in [5.74, 6) is -0.302. The van der Waals surface area contributed by atoms with Crippen LogP contribution < -0.4 is 16.0 Å². The van der Waals surface area contributed by atoms with E-state index in [0.29, 0.717) is 39.1 Å². The summed E-state index contributed by atoms with van der Waals surface area (Å²) >= 11 is 5.91. The van der Waals surface area contributed by atoms with Crippen molar-refractivity contribution in [1.82, 2.24) is 10.2 Å². The third-order valence-corrected chi connectivity index (χ3v) is 9.13. The van der Waals surface area contributed by atoms with E-state index in [1.165, 1.54) is 23.1 Å². The Morgan fingerprint density at radius 2 is 1.92 bits per heavy atom. The number of aromatic nitrogens is 2. The van der Waals surface area contributed by atoms with E-state index in [4.69, 9.17) is 5.73 Å². The zero-order valence-corrected chi connectivity index (χ0v) is 24.5. The first-order valence-electron chi connectivity index (χ1n) is 12.2. The van der Waals surface area contributed by atoms with Crippen molar-refractivity contribution >= 4 is 61.5 Å². The molecule has 2 aliphatic rings. The molecule has 1 aliphatic heterocycles. The fourth-order valence-electron chi connectivity index (χ4n) is 4.91. The van der Waals surface area contributed by atoms with Gasteiger partial charge >= 0.3 is 0 Å². The highest BCUT2D eigenvalue weighted by Crippen LogP contribution is 2.50. The number of allylic oxidation sites excluding steroid dienone is 3. The molecule has 1 unspecified atom stereocenters. The van der Waals surface area contributed by atoms with E-state index in [-0.39, 0.29) is 28.7 Å². The van der Waals surface area contributed by atoms with Crippen molar-refractivity contribution in [1.29, 1.82) is 5.26 Å². The molecule has 0 fully saturated rings. The van der Waals surface area contributed by atoms with E-state index in [1.807, 2.05) is 54.6 Å². The van der Waals surface area contributed by atoms with Gasteiger partial charge in [-0.15, -0.1) is 10.2 Å². The van der Waals surface area contributed by atoms with Crippen LogP contribution in [0.4, 0.5) is 10.8 Å². The Labute approximate surface area is 243 Å². The summed E-state index contributed by atoms with van der Waals surface area (Å²) in [4.78, 5) is 27.8. The lowest BCUT2D eigenvalue weighted by molar-refractivity contribution is -0.118. The predicted molar refractivity (Wildman–Crippen MR) is 157 cm³/mol. The maximum absolute atomic E-state index is 13.6. The van der Waals surface area contributed by atoms with Gasteiger partial charge in [-0.2, -0.15) is 5.26 Å². The summed E-state index contributed by atoms with van der Waals surface area (Å²) in [6.45, 7) is 4.10. The second-order valence-electron chi connectivity index (χ2n) is 10.1. The SMILES string of the molecule is CC1(C)CC(=O)C2=C(C1)N(c1nnc(SCC(=O)Nc3ccc(Br)cc3)s1)C(N)=C(C#N)C2c1ccccc1. The fraction of sp³-hybridized carbons (Fsp3) is 0.250. The van der Waals surface area contributed by atoms with Crippen LogP contribution in [0.25, 0.3) is 0 Å². The molecule has 0 bridgehead atoms. The number of nitrogens with zero attached hydrogens (tertiary/aromatic N) is 4. The zero-order chi connectivity index (χ0) is 27.7. The van der Waals surface area contributed by atoms with Crippen LogP contribution in [0.15, 0.2) is 86.1 Å². The Morgan fingerprint density at radius 3 is 2.62 bits per heavy atom. The molecule has 198 valence electrons. The first kappa shape index (κ1) is 27.1. The summed E-state index contributed by atoms with van der Waals surface area (Å²) in [7, 11) is 0. The van der Waals surface area contributed by atoms with Crippen LogP contribution in [0.1, 0.15) is 38.2 Å². The van der Waals surface area contributed by atoms with Gasteiger partial charge in [0, 0.05) is 27.9 Å². The van der Waals surface area contributed by atoms with Gasteiger partial charge < -0.3 is 11.1 Å². The number of rotatable bonds is 6. The Kier molecular flexibility index (Phi) is 7.62. The molecule has 1 aromatic heterocycles. The quantitative estimate of drug-likeness (QED) is 0.323. The molecule has 0 spiro atoms. The summed E-state index contributed by atoms with van der Waals surface area (Å²) in [5, 5.41) is 22.1. The molecule has 0 radical (unpaired) electrons. The van der Waals surface area contributed by atoms with Crippen molar-refractivity contribution in [3.05, 3.63) is 87.3 Å². The number of carbonyl (C=O) groups is 2. The molecule has 3 aromatic rings. The first-order chi connectivity index (χ1) is 18.7. The summed E-state index contributed by atoms with van der Waals surface area (Å²) < 4.78 is 1.51. The molecule has 2 aromatic carbocycles. The van der Waals surface area contributed by atoms with Crippen molar-refractivity contribution in [3.8, 4) is 6.07 Å². The third kappa shape index (κ3) is 5.64. The topological polar surface area (TPSA) is 125 Å². The van der Waals surface area contributed by atoms with E-state index in [9.17, 15) is 14.9 Å². The number of amides is 1. The van der Waals surface area contributed by atoms with Crippen molar-refractivity contribution in [3.63, 3.8) is 0 Å². The second kappa shape index (κ2) is 11.0. The number of benzene rings is 2. The van der Waals surface area contributed by atoms with Crippen LogP contribution >= 0.6 is 39.0 Å². The number of hydrogen-bond acceptors (Lipinski definition) is 9. The number of hydrogen-bond donors (Lipinski definition) is 2. The smallest absolute Gasteiger partial charge is 0.234 e. The number of ketones is 1. The van der Waals surface area contributed by atoms with Gasteiger partial charge in [0.25, 0.3) is 0 Å². The highest BCUT2D eigenvalue weighted by Gasteiger charge is 2.45. The van der Waals surface area contributed by atoms with Crippen LogP contribution in [0.5, 0.6) is 0 Å². The first-order valence-corrected chi connectivity index (χ1v) is 14.8. The molecule has 2 heterocycles. The standard InChI is InChI=1S/C28H25BrN6O2S2/c1-28(2)12-20-24(21(36)13-28)23(16-6-4-3-5-7-16)19(14-30)25(31)35(20)26-33-34-27(39-26)38-15-22(37)32-18-10-8-17(29)9-11-18/h3-11,23H,12-13,15,31H2,1-2H3,(H,32,37). The summed E-state index contributed by atoms with van der Waals surface area (Å²) in [5.41, 5.74) is 9.58. The highest BCUT2D eigenvalue weighted by atomic mass is 79.9. The lowest BCUT2D eigenvalue weighted by Gasteiger charge is -2.42. The van der Waals surface area contributed by atoms with Gasteiger partial charge in [0.1, 0.15) is 5.82 Å². The number of carbonyl (C=O) groups excluding carboxylic acids is 2. The number of Topliss-reactive ketones (excluding diaryl/α,β-unsaturated/α-hetero) is 1. The molecule has 0 saturated heterocycles. The van der Waals surface area contributed by atoms with Crippen molar-refractivity contribution in [2.45, 2.75) is 36.9 Å².